The number of aryl methyl sites for hydroxylation is 1. The summed E-state index contributed by atoms with van der Waals surface area (Å²) < 4.78 is 5.71. The highest BCUT2D eigenvalue weighted by molar-refractivity contribution is 5.59. The van der Waals surface area contributed by atoms with Crippen LogP contribution in [0.2, 0.25) is 0 Å². The Labute approximate surface area is 106 Å². The van der Waals surface area contributed by atoms with Crippen molar-refractivity contribution in [1.82, 2.24) is 0 Å². The van der Waals surface area contributed by atoms with Crippen LogP contribution < -0.4 is 10.5 Å². The van der Waals surface area contributed by atoms with Gasteiger partial charge in [0, 0.05) is 11.8 Å². The van der Waals surface area contributed by atoms with E-state index in [0.717, 1.165) is 11.1 Å². The van der Waals surface area contributed by atoms with Gasteiger partial charge in [-0.25, -0.2) is 0 Å². The van der Waals surface area contributed by atoms with E-state index in [-0.39, 0.29) is 0 Å². The van der Waals surface area contributed by atoms with E-state index in [9.17, 15) is 0 Å². The van der Waals surface area contributed by atoms with Gasteiger partial charge in [0.1, 0.15) is 18.4 Å². The molecule has 0 spiro atoms. The minimum Gasteiger partial charge on any atom is -0.489 e. The smallest absolute Gasteiger partial charge is 0.124 e. The molecule has 0 bridgehead atoms. The topological polar surface area (TPSA) is 59.0 Å². The summed E-state index contributed by atoms with van der Waals surface area (Å²) in [6.07, 6.45) is 0. The van der Waals surface area contributed by atoms with Crippen LogP contribution in [0.15, 0.2) is 42.5 Å². The van der Waals surface area contributed by atoms with Gasteiger partial charge in [-0.3, -0.25) is 0 Å². The molecule has 0 amide bonds. The normalized spacial score (nSPS) is 9.78. The van der Waals surface area contributed by atoms with E-state index in [1.165, 1.54) is 0 Å². The fraction of sp³-hybridized carbons (Fsp3) is 0.133. The number of ether oxygens (including phenoxy) is 1. The molecule has 2 rings (SSSR count). The number of nitrogen functional groups attached to an aromatic ring is 1. The van der Waals surface area contributed by atoms with Crippen molar-refractivity contribution in [3.05, 3.63) is 59.2 Å². The zero-order valence-electron chi connectivity index (χ0n) is 10.2. The predicted molar refractivity (Wildman–Crippen MR) is 71.1 cm³/mol. The van der Waals surface area contributed by atoms with Crippen LogP contribution in [0.4, 0.5) is 5.69 Å². The largest absolute Gasteiger partial charge is 0.489 e. The average molecular weight is 238 g/mol. The molecule has 0 aliphatic rings. The van der Waals surface area contributed by atoms with Gasteiger partial charge in [-0.05, 0) is 24.1 Å². The molecule has 0 saturated heterocycles. The van der Waals surface area contributed by atoms with Gasteiger partial charge in [-0.1, -0.05) is 30.3 Å². The van der Waals surface area contributed by atoms with E-state index >= 15 is 0 Å². The lowest BCUT2D eigenvalue weighted by atomic mass is 10.1. The molecule has 2 aromatic carbocycles. The molecule has 0 heterocycles. The van der Waals surface area contributed by atoms with E-state index < -0.39 is 0 Å². The van der Waals surface area contributed by atoms with Crippen molar-refractivity contribution >= 4 is 5.69 Å². The lowest BCUT2D eigenvalue weighted by Gasteiger charge is -2.10. The summed E-state index contributed by atoms with van der Waals surface area (Å²) in [6.45, 7) is 2.40. The Morgan fingerprint density at radius 3 is 2.61 bits per heavy atom. The maximum Gasteiger partial charge on any atom is 0.124 e. The van der Waals surface area contributed by atoms with Crippen molar-refractivity contribution in [2.45, 2.75) is 13.5 Å². The molecule has 0 unspecified atom stereocenters. The highest BCUT2D eigenvalue weighted by atomic mass is 16.5. The Kier molecular flexibility index (Phi) is 3.49. The molecule has 0 saturated carbocycles. The SMILES string of the molecule is Cc1cc(N)c(C#N)cc1OCc1ccccc1. The number of anilines is 1. The third-order valence-corrected chi connectivity index (χ3v) is 2.70. The number of nitrogens with two attached hydrogens (primary N) is 1. The zero-order valence-corrected chi connectivity index (χ0v) is 10.2. The summed E-state index contributed by atoms with van der Waals surface area (Å²) in [7, 11) is 0. The van der Waals surface area contributed by atoms with Crippen LogP contribution in [0.5, 0.6) is 5.75 Å². The second-order valence-corrected chi connectivity index (χ2v) is 4.09. The fourth-order valence-corrected chi connectivity index (χ4v) is 1.70. The van der Waals surface area contributed by atoms with E-state index in [1.807, 2.05) is 37.3 Å². The third-order valence-electron chi connectivity index (χ3n) is 2.70. The van der Waals surface area contributed by atoms with Crippen LogP contribution in [0.1, 0.15) is 16.7 Å². The van der Waals surface area contributed by atoms with Crippen LogP contribution >= 0.6 is 0 Å². The Morgan fingerprint density at radius 1 is 1.22 bits per heavy atom. The Morgan fingerprint density at radius 2 is 1.94 bits per heavy atom. The predicted octanol–water partition coefficient (Wildman–Crippen LogP) is 3.03. The van der Waals surface area contributed by atoms with Crippen LogP contribution in [-0.4, -0.2) is 0 Å². The van der Waals surface area contributed by atoms with Crippen LogP contribution in [0.3, 0.4) is 0 Å². The lowest BCUT2D eigenvalue weighted by molar-refractivity contribution is 0.304. The first kappa shape index (κ1) is 12.0. The van der Waals surface area contributed by atoms with Gasteiger partial charge >= 0.3 is 0 Å². The number of hydrogen-bond donors (Lipinski definition) is 1. The van der Waals surface area contributed by atoms with Gasteiger partial charge in [0.2, 0.25) is 0 Å². The van der Waals surface area contributed by atoms with Crippen molar-refractivity contribution in [2.24, 2.45) is 0 Å². The van der Waals surface area contributed by atoms with Gasteiger partial charge in [0.05, 0.1) is 5.56 Å². The Bertz CT molecular complexity index is 585. The van der Waals surface area contributed by atoms with Crippen molar-refractivity contribution in [3.8, 4) is 11.8 Å². The molecule has 0 aliphatic heterocycles. The van der Waals surface area contributed by atoms with E-state index in [4.69, 9.17) is 15.7 Å². The van der Waals surface area contributed by atoms with Gasteiger partial charge in [-0.15, -0.1) is 0 Å². The average Bonchev–Trinajstić information content (AvgIpc) is 2.39. The highest BCUT2D eigenvalue weighted by Gasteiger charge is 2.06. The lowest BCUT2D eigenvalue weighted by Crippen LogP contribution is -1.99. The molecule has 3 nitrogen and oxygen atoms in total. The van der Waals surface area contributed by atoms with E-state index in [0.29, 0.717) is 23.6 Å². The molecule has 0 fully saturated rings. The second kappa shape index (κ2) is 5.24. The number of nitrogens with zero attached hydrogens (tertiary/aromatic N) is 1. The fourth-order valence-electron chi connectivity index (χ4n) is 1.70. The highest BCUT2D eigenvalue weighted by Crippen LogP contribution is 2.25. The van der Waals surface area contributed by atoms with Crippen molar-refractivity contribution in [3.63, 3.8) is 0 Å². The molecule has 0 radical (unpaired) electrons. The van der Waals surface area contributed by atoms with E-state index in [1.54, 1.807) is 12.1 Å². The summed E-state index contributed by atoms with van der Waals surface area (Å²) in [5.41, 5.74) is 8.69. The van der Waals surface area contributed by atoms with Crippen molar-refractivity contribution in [2.75, 3.05) is 5.73 Å². The monoisotopic (exact) mass is 238 g/mol. The van der Waals surface area contributed by atoms with E-state index in [2.05, 4.69) is 6.07 Å². The maximum absolute atomic E-state index is 8.93. The standard InChI is InChI=1S/C15H14N2O/c1-11-7-14(17)13(9-16)8-15(11)18-10-12-5-3-2-4-6-12/h2-8H,10,17H2,1H3. The van der Waals surface area contributed by atoms with Crippen LogP contribution in [0.25, 0.3) is 0 Å². The molecule has 0 atom stereocenters. The summed E-state index contributed by atoms with van der Waals surface area (Å²) in [4.78, 5) is 0. The molecule has 0 aromatic heterocycles. The first-order valence-electron chi connectivity index (χ1n) is 5.67. The minimum absolute atomic E-state index is 0.448. The molecule has 90 valence electrons. The molecule has 2 aromatic rings. The summed E-state index contributed by atoms with van der Waals surface area (Å²) >= 11 is 0. The molecule has 0 aliphatic carbocycles. The van der Waals surface area contributed by atoms with Crippen molar-refractivity contribution in [1.29, 1.82) is 5.26 Å². The van der Waals surface area contributed by atoms with Crippen LogP contribution in [0, 0.1) is 18.3 Å². The second-order valence-electron chi connectivity index (χ2n) is 4.09. The zero-order chi connectivity index (χ0) is 13.0. The molecular weight excluding hydrogens is 224 g/mol. The first-order valence-corrected chi connectivity index (χ1v) is 5.67. The Balaban J connectivity index is 2.17. The number of rotatable bonds is 3. The first-order chi connectivity index (χ1) is 8.70. The number of nitriles is 1. The van der Waals surface area contributed by atoms with Gasteiger partial charge in [0.25, 0.3) is 0 Å². The summed E-state index contributed by atoms with van der Waals surface area (Å²) in [6, 6.07) is 15.4. The maximum atomic E-state index is 8.93. The molecular formula is C15H14N2O. The minimum atomic E-state index is 0.448. The van der Waals surface area contributed by atoms with Gasteiger partial charge in [-0.2, -0.15) is 5.26 Å². The quantitative estimate of drug-likeness (QED) is 0.836. The number of benzene rings is 2. The third kappa shape index (κ3) is 2.61. The van der Waals surface area contributed by atoms with Crippen molar-refractivity contribution < 1.29 is 4.74 Å². The molecule has 3 heteroatoms. The van der Waals surface area contributed by atoms with Gasteiger partial charge in [0.15, 0.2) is 0 Å². The van der Waals surface area contributed by atoms with Gasteiger partial charge < -0.3 is 10.5 Å². The Hall–Kier alpha value is -2.47. The van der Waals surface area contributed by atoms with Crippen LogP contribution in [-0.2, 0) is 6.61 Å². The number of hydrogen-bond acceptors (Lipinski definition) is 3. The molecule has 2 N–H and O–H groups in total. The summed E-state index contributed by atoms with van der Waals surface area (Å²) in [5.74, 6) is 0.699. The summed E-state index contributed by atoms with van der Waals surface area (Å²) in [5, 5.41) is 8.93. The molecule has 18 heavy (non-hydrogen) atoms.